The summed E-state index contributed by atoms with van der Waals surface area (Å²) in [5, 5.41) is 3.37. The lowest BCUT2D eigenvalue weighted by molar-refractivity contribution is 0.0637. The molecule has 0 spiro atoms. The zero-order valence-electron chi connectivity index (χ0n) is 16.0. The van der Waals surface area contributed by atoms with Gasteiger partial charge < -0.3 is 15.1 Å². The van der Waals surface area contributed by atoms with E-state index in [9.17, 15) is 4.79 Å². The van der Waals surface area contributed by atoms with Gasteiger partial charge in [-0.05, 0) is 38.4 Å². The normalized spacial score (nSPS) is 15.2. The summed E-state index contributed by atoms with van der Waals surface area (Å²) < 4.78 is 0. The number of piperazine rings is 1. The number of aromatic nitrogens is 2. The van der Waals surface area contributed by atoms with Gasteiger partial charge in [0.2, 0.25) is 0 Å². The highest BCUT2D eigenvalue weighted by Crippen LogP contribution is 2.24. The summed E-state index contributed by atoms with van der Waals surface area (Å²) in [5.74, 6) is 1.23. The third-order valence-electron chi connectivity index (χ3n) is 4.90. The van der Waals surface area contributed by atoms with E-state index in [2.05, 4.69) is 53.1 Å². The predicted octanol–water partition coefficient (Wildman–Crippen LogP) is 2.92. The fourth-order valence-corrected chi connectivity index (χ4v) is 3.31. The Morgan fingerprint density at radius 1 is 1.08 bits per heavy atom. The number of amides is 1. The summed E-state index contributed by atoms with van der Waals surface area (Å²) in [4.78, 5) is 26.0. The van der Waals surface area contributed by atoms with Crippen molar-refractivity contribution in [2.75, 3.05) is 38.0 Å². The molecule has 26 heavy (non-hydrogen) atoms. The van der Waals surface area contributed by atoms with Crippen LogP contribution in [0.5, 0.6) is 0 Å². The molecule has 1 saturated heterocycles. The minimum atomic E-state index is -0.0178. The zero-order valence-corrected chi connectivity index (χ0v) is 16.0. The topological polar surface area (TPSA) is 61.4 Å². The summed E-state index contributed by atoms with van der Waals surface area (Å²) in [6.45, 7) is 12.4. The highest BCUT2D eigenvalue weighted by Gasteiger charge is 2.23. The monoisotopic (exact) mass is 353 g/mol. The van der Waals surface area contributed by atoms with Gasteiger partial charge in [-0.1, -0.05) is 25.1 Å². The lowest BCUT2D eigenvalue weighted by atomic mass is 10.1. The van der Waals surface area contributed by atoms with Crippen molar-refractivity contribution in [1.29, 1.82) is 0 Å². The van der Waals surface area contributed by atoms with Gasteiger partial charge >= 0.3 is 0 Å². The first-order chi connectivity index (χ1) is 12.5. The van der Waals surface area contributed by atoms with E-state index in [0.717, 1.165) is 49.5 Å². The molecule has 1 aliphatic heterocycles. The number of rotatable bonds is 4. The van der Waals surface area contributed by atoms with Crippen LogP contribution in [0.2, 0.25) is 0 Å². The number of benzene rings is 1. The van der Waals surface area contributed by atoms with E-state index < -0.39 is 0 Å². The van der Waals surface area contributed by atoms with Gasteiger partial charge in [0, 0.05) is 37.9 Å². The Labute approximate surface area is 155 Å². The molecule has 0 atom stereocenters. The average Bonchev–Trinajstić information content (AvgIpc) is 2.64. The first kappa shape index (κ1) is 18.3. The van der Waals surface area contributed by atoms with E-state index in [0.29, 0.717) is 17.3 Å². The number of nitrogens with one attached hydrogen (secondary N) is 1. The summed E-state index contributed by atoms with van der Waals surface area (Å²) in [7, 11) is 0. The third-order valence-corrected chi connectivity index (χ3v) is 4.90. The van der Waals surface area contributed by atoms with Crippen molar-refractivity contribution in [2.45, 2.75) is 27.7 Å². The molecule has 3 rings (SSSR count). The molecule has 1 aromatic carbocycles. The minimum absolute atomic E-state index is 0.0178. The Morgan fingerprint density at radius 3 is 2.35 bits per heavy atom. The molecule has 1 amide bonds. The highest BCUT2D eigenvalue weighted by atomic mass is 16.2. The first-order valence-corrected chi connectivity index (χ1v) is 9.18. The molecule has 0 radical (unpaired) electrons. The summed E-state index contributed by atoms with van der Waals surface area (Å²) in [6, 6.07) is 7.91. The highest BCUT2D eigenvalue weighted by molar-refractivity contribution is 5.93. The molecule has 6 nitrogen and oxygen atoms in total. The second-order valence-electron chi connectivity index (χ2n) is 6.80. The van der Waals surface area contributed by atoms with E-state index in [4.69, 9.17) is 0 Å². The molecule has 1 aliphatic rings. The molecule has 2 aromatic rings. The van der Waals surface area contributed by atoms with Crippen LogP contribution in [0.25, 0.3) is 0 Å². The van der Waals surface area contributed by atoms with Gasteiger partial charge in [0.05, 0.1) is 0 Å². The van der Waals surface area contributed by atoms with Crippen LogP contribution in [0.3, 0.4) is 0 Å². The number of para-hydroxylation sites is 1. The summed E-state index contributed by atoms with van der Waals surface area (Å²) >= 11 is 0. The minimum Gasteiger partial charge on any atom is -0.340 e. The Hall–Kier alpha value is -2.47. The van der Waals surface area contributed by atoms with Crippen LogP contribution in [0.1, 0.15) is 34.4 Å². The van der Waals surface area contributed by atoms with Gasteiger partial charge in [-0.2, -0.15) is 0 Å². The van der Waals surface area contributed by atoms with Crippen LogP contribution in [-0.4, -0.2) is 58.4 Å². The fraction of sp³-hybridized carbons (Fsp3) is 0.450. The van der Waals surface area contributed by atoms with Crippen molar-refractivity contribution in [3.05, 3.63) is 46.9 Å². The Bertz CT molecular complexity index is 777. The van der Waals surface area contributed by atoms with Gasteiger partial charge in [-0.3, -0.25) is 4.79 Å². The number of carbonyl (C=O) groups is 1. The Kier molecular flexibility index (Phi) is 5.52. The maximum atomic E-state index is 12.9. The quantitative estimate of drug-likeness (QED) is 0.916. The van der Waals surface area contributed by atoms with E-state index in [1.54, 1.807) is 6.07 Å². The smallest absolute Gasteiger partial charge is 0.272 e. The van der Waals surface area contributed by atoms with E-state index in [-0.39, 0.29) is 5.91 Å². The number of hydrogen-bond acceptors (Lipinski definition) is 5. The summed E-state index contributed by atoms with van der Waals surface area (Å²) in [5.41, 5.74) is 3.77. The molecule has 138 valence electrons. The molecule has 0 saturated carbocycles. The third kappa shape index (κ3) is 4.02. The van der Waals surface area contributed by atoms with Crippen molar-refractivity contribution >= 4 is 17.4 Å². The van der Waals surface area contributed by atoms with Gasteiger partial charge in [0.15, 0.2) is 0 Å². The second-order valence-corrected chi connectivity index (χ2v) is 6.80. The summed E-state index contributed by atoms with van der Waals surface area (Å²) in [6.07, 6.45) is 0. The molecule has 0 aliphatic carbocycles. The number of carbonyl (C=O) groups excluding carboxylic acids is 1. The predicted molar refractivity (Wildman–Crippen MR) is 104 cm³/mol. The first-order valence-electron chi connectivity index (χ1n) is 9.18. The number of anilines is 2. The largest absolute Gasteiger partial charge is 0.340 e. The molecule has 1 fully saturated rings. The number of aryl methyl sites for hydroxylation is 3. The molecule has 0 unspecified atom stereocenters. The standard InChI is InChI=1S/C20H27N5O/c1-5-24-9-11-25(12-10-24)20(26)17-13-18(22-16(4)21-17)23-19-14(2)7-6-8-15(19)3/h6-8,13H,5,9-12H2,1-4H3,(H,21,22,23). The Balaban J connectivity index is 1.80. The van der Waals surface area contributed by atoms with E-state index >= 15 is 0 Å². The molecule has 2 heterocycles. The average molecular weight is 353 g/mol. The molecule has 0 bridgehead atoms. The number of nitrogens with zero attached hydrogens (tertiary/aromatic N) is 4. The molecular formula is C20H27N5O. The molecule has 6 heteroatoms. The zero-order chi connectivity index (χ0) is 18.7. The second kappa shape index (κ2) is 7.83. The van der Waals surface area contributed by atoms with Crippen LogP contribution in [0, 0.1) is 20.8 Å². The van der Waals surface area contributed by atoms with Crippen LogP contribution < -0.4 is 5.32 Å². The van der Waals surface area contributed by atoms with Crippen molar-refractivity contribution < 1.29 is 4.79 Å². The van der Waals surface area contributed by atoms with Gasteiger partial charge in [0.25, 0.3) is 5.91 Å². The van der Waals surface area contributed by atoms with Gasteiger partial charge in [-0.25, -0.2) is 9.97 Å². The number of likely N-dealkylation sites (N-methyl/N-ethyl adjacent to an activating group) is 1. The fourth-order valence-electron chi connectivity index (χ4n) is 3.31. The van der Waals surface area contributed by atoms with E-state index in [1.165, 1.54) is 0 Å². The van der Waals surface area contributed by atoms with Gasteiger partial charge in [0.1, 0.15) is 17.3 Å². The lowest BCUT2D eigenvalue weighted by Gasteiger charge is -2.33. The van der Waals surface area contributed by atoms with Crippen LogP contribution >= 0.6 is 0 Å². The Morgan fingerprint density at radius 2 is 1.73 bits per heavy atom. The molecular weight excluding hydrogens is 326 g/mol. The SMILES string of the molecule is CCN1CCN(C(=O)c2cc(Nc3c(C)cccc3C)nc(C)n2)CC1. The maximum Gasteiger partial charge on any atom is 0.272 e. The van der Waals surface area contributed by atoms with Crippen molar-refractivity contribution in [2.24, 2.45) is 0 Å². The van der Waals surface area contributed by atoms with E-state index in [1.807, 2.05) is 17.9 Å². The van der Waals surface area contributed by atoms with Crippen molar-refractivity contribution in [3.63, 3.8) is 0 Å². The van der Waals surface area contributed by atoms with Gasteiger partial charge in [-0.15, -0.1) is 0 Å². The van der Waals surface area contributed by atoms with Crippen molar-refractivity contribution in [3.8, 4) is 0 Å². The van der Waals surface area contributed by atoms with Crippen LogP contribution in [0.15, 0.2) is 24.3 Å². The molecule has 1 N–H and O–H groups in total. The van der Waals surface area contributed by atoms with Crippen LogP contribution in [-0.2, 0) is 0 Å². The number of hydrogen-bond donors (Lipinski definition) is 1. The van der Waals surface area contributed by atoms with Crippen LogP contribution in [0.4, 0.5) is 11.5 Å². The maximum absolute atomic E-state index is 12.9. The van der Waals surface area contributed by atoms with Crippen molar-refractivity contribution in [1.82, 2.24) is 19.8 Å². The molecule has 1 aromatic heterocycles. The lowest BCUT2D eigenvalue weighted by Crippen LogP contribution is -2.48.